The smallest absolute Gasteiger partial charge is 0.313 e. The third kappa shape index (κ3) is 7.44. The van der Waals surface area contributed by atoms with E-state index in [0.29, 0.717) is 25.6 Å². The van der Waals surface area contributed by atoms with Gasteiger partial charge in [-0.3, -0.25) is 9.59 Å². The van der Waals surface area contributed by atoms with Gasteiger partial charge < -0.3 is 9.47 Å². The van der Waals surface area contributed by atoms with E-state index >= 15 is 0 Å². The second kappa shape index (κ2) is 13.3. The van der Waals surface area contributed by atoms with Crippen LogP contribution in [0.4, 0.5) is 0 Å². The van der Waals surface area contributed by atoms with E-state index in [4.69, 9.17) is 9.47 Å². The Labute approximate surface area is 205 Å². The summed E-state index contributed by atoms with van der Waals surface area (Å²) in [5.74, 6) is 0.620. The third-order valence-electron chi connectivity index (χ3n) is 6.98. The number of hydrogen-bond acceptors (Lipinski definition) is 4. The van der Waals surface area contributed by atoms with E-state index in [2.05, 4.69) is 31.2 Å². The summed E-state index contributed by atoms with van der Waals surface area (Å²) in [6, 6.07) is 16.5. The van der Waals surface area contributed by atoms with E-state index in [1.807, 2.05) is 31.2 Å². The summed E-state index contributed by atoms with van der Waals surface area (Å²) in [5, 5.41) is 0. The fourth-order valence-electron chi connectivity index (χ4n) is 5.28. The zero-order valence-corrected chi connectivity index (χ0v) is 21.1. The highest BCUT2D eigenvalue weighted by atomic mass is 16.5. The molecule has 1 unspecified atom stereocenters. The number of carbonyl (C=O) groups is 2. The van der Waals surface area contributed by atoms with E-state index < -0.39 is 5.92 Å². The van der Waals surface area contributed by atoms with Crippen molar-refractivity contribution in [2.24, 2.45) is 5.92 Å². The Morgan fingerprint density at radius 2 is 1.59 bits per heavy atom. The zero-order valence-electron chi connectivity index (χ0n) is 21.1. The highest BCUT2D eigenvalue weighted by Gasteiger charge is 2.25. The molecule has 0 saturated heterocycles. The molecule has 0 spiro atoms. The van der Waals surface area contributed by atoms with Gasteiger partial charge in [0.05, 0.1) is 25.6 Å². The summed E-state index contributed by atoms with van der Waals surface area (Å²) >= 11 is 0. The average molecular weight is 465 g/mol. The molecule has 1 aliphatic carbocycles. The minimum atomic E-state index is -0.405. The summed E-state index contributed by atoms with van der Waals surface area (Å²) in [6.07, 6.45) is 8.57. The van der Waals surface area contributed by atoms with Crippen LogP contribution < -0.4 is 0 Å². The van der Waals surface area contributed by atoms with Crippen LogP contribution in [-0.4, -0.2) is 25.2 Å². The van der Waals surface area contributed by atoms with Crippen LogP contribution in [0, 0.1) is 5.92 Å². The first-order valence-electron chi connectivity index (χ1n) is 13.0. The van der Waals surface area contributed by atoms with Crippen molar-refractivity contribution in [1.82, 2.24) is 0 Å². The lowest BCUT2D eigenvalue weighted by molar-refractivity contribution is -0.145. The monoisotopic (exact) mass is 464 g/mol. The Balaban J connectivity index is 1.76. The molecule has 0 amide bonds. The molecule has 1 saturated carbocycles. The fraction of sp³-hybridized carbons (Fsp3) is 0.533. The predicted molar refractivity (Wildman–Crippen MR) is 136 cm³/mol. The molecule has 0 aliphatic heterocycles. The van der Waals surface area contributed by atoms with Gasteiger partial charge in [0.2, 0.25) is 0 Å². The van der Waals surface area contributed by atoms with E-state index in [9.17, 15) is 9.59 Å². The molecule has 1 fully saturated rings. The topological polar surface area (TPSA) is 52.6 Å². The summed E-state index contributed by atoms with van der Waals surface area (Å²) < 4.78 is 10.5. The molecule has 4 nitrogen and oxygen atoms in total. The second-order valence-corrected chi connectivity index (χ2v) is 9.49. The lowest BCUT2D eigenvalue weighted by Gasteiger charge is -2.29. The number of ether oxygens (including phenoxy) is 2. The van der Waals surface area contributed by atoms with Crippen molar-refractivity contribution in [3.05, 3.63) is 70.8 Å². The molecule has 1 aliphatic rings. The Hall–Kier alpha value is -2.62. The van der Waals surface area contributed by atoms with Crippen LogP contribution in [0.25, 0.3) is 0 Å². The van der Waals surface area contributed by atoms with Gasteiger partial charge in [-0.05, 0) is 80.0 Å². The lowest BCUT2D eigenvalue weighted by atomic mass is 9.77. The van der Waals surface area contributed by atoms with Crippen molar-refractivity contribution in [2.45, 2.75) is 84.0 Å². The van der Waals surface area contributed by atoms with E-state index in [-0.39, 0.29) is 18.4 Å². The van der Waals surface area contributed by atoms with Gasteiger partial charge in [0.15, 0.2) is 0 Å². The van der Waals surface area contributed by atoms with Crippen LogP contribution >= 0.6 is 0 Å². The fourth-order valence-corrected chi connectivity index (χ4v) is 5.28. The largest absolute Gasteiger partial charge is 0.466 e. The van der Waals surface area contributed by atoms with Gasteiger partial charge in [-0.1, -0.05) is 68.3 Å². The molecule has 184 valence electrons. The quantitative estimate of drug-likeness (QED) is 0.345. The standard InChI is InChI=1S/C30H40O4/c1-4-9-22-14-16-25(17-15-22)26-12-7-10-23(18-26)20-28(30(32)34-6-3)27-13-8-11-24(19-27)21-29(31)33-5-2/h7-8,10-13,18-19,22,25,28H,4-6,9,14-17,20-21H2,1-3H3. The second-order valence-electron chi connectivity index (χ2n) is 9.49. The van der Waals surface area contributed by atoms with E-state index in [0.717, 1.165) is 22.6 Å². The first-order chi connectivity index (χ1) is 16.5. The number of benzene rings is 2. The normalized spacial score (nSPS) is 18.8. The van der Waals surface area contributed by atoms with Crippen molar-refractivity contribution in [1.29, 1.82) is 0 Å². The Morgan fingerprint density at radius 1 is 0.882 bits per heavy atom. The van der Waals surface area contributed by atoms with Gasteiger partial charge >= 0.3 is 11.9 Å². The van der Waals surface area contributed by atoms with Crippen molar-refractivity contribution in [3.63, 3.8) is 0 Å². The Morgan fingerprint density at radius 3 is 2.29 bits per heavy atom. The van der Waals surface area contributed by atoms with Gasteiger partial charge in [-0.15, -0.1) is 0 Å². The molecule has 1 atom stereocenters. The molecule has 3 rings (SSSR count). The molecule has 0 N–H and O–H groups in total. The number of carbonyl (C=O) groups excluding carboxylic acids is 2. The van der Waals surface area contributed by atoms with E-state index in [1.54, 1.807) is 6.92 Å². The lowest BCUT2D eigenvalue weighted by Crippen LogP contribution is -2.19. The molecule has 2 aromatic carbocycles. The molecule has 0 aromatic heterocycles. The Bertz CT molecular complexity index is 927. The Kier molecular flexibility index (Phi) is 10.2. The molecular weight excluding hydrogens is 424 g/mol. The van der Waals surface area contributed by atoms with Crippen molar-refractivity contribution < 1.29 is 19.1 Å². The maximum absolute atomic E-state index is 13.0. The molecule has 0 heterocycles. The molecule has 4 heteroatoms. The first-order valence-corrected chi connectivity index (χ1v) is 13.0. The van der Waals surface area contributed by atoms with Crippen LogP contribution in [0.3, 0.4) is 0 Å². The summed E-state index contributed by atoms with van der Waals surface area (Å²) in [5.41, 5.74) is 4.28. The maximum atomic E-state index is 13.0. The molecule has 0 bridgehead atoms. The SMILES string of the molecule is CCCC1CCC(c2cccc(CC(C(=O)OCC)c3cccc(CC(=O)OCC)c3)c2)CC1. The van der Waals surface area contributed by atoms with Crippen LogP contribution in [0.15, 0.2) is 48.5 Å². The van der Waals surface area contributed by atoms with Gasteiger partial charge in [0.25, 0.3) is 0 Å². The van der Waals surface area contributed by atoms with Gasteiger partial charge in [0.1, 0.15) is 0 Å². The average Bonchev–Trinajstić information content (AvgIpc) is 2.84. The predicted octanol–water partition coefficient (Wildman–Crippen LogP) is 6.76. The van der Waals surface area contributed by atoms with Crippen molar-refractivity contribution in [3.8, 4) is 0 Å². The molecule has 0 radical (unpaired) electrons. The highest BCUT2D eigenvalue weighted by Crippen LogP contribution is 2.38. The van der Waals surface area contributed by atoms with Crippen molar-refractivity contribution in [2.75, 3.05) is 13.2 Å². The molecule has 2 aromatic rings. The van der Waals surface area contributed by atoms with Crippen LogP contribution in [0.2, 0.25) is 0 Å². The van der Waals surface area contributed by atoms with E-state index in [1.165, 1.54) is 44.1 Å². The molecular formula is C30H40O4. The zero-order chi connectivity index (χ0) is 24.3. The summed E-state index contributed by atoms with van der Waals surface area (Å²) in [6.45, 7) is 6.62. The maximum Gasteiger partial charge on any atom is 0.313 e. The number of rotatable bonds is 11. The van der Waals surface area contributed by atoms with Crippen molar-refractivity contribution >= 4 is 11.9 Å². The van der Waals surface area contributed by atoms with Crippen LogP contribution in [0.5, 0.6) is 0 Å². The van der Waals surface area contributed by atoms with Crippen LogP contribution in [-0.2, 0) is 31.9 Å². The highest BCUT2D eigenvalue weighted by molar-refractivity contribution is 5.79. The van der Waals surface area contributed by atoms with Gasteiger partial charge in [0, 0.05) is 0 Å². The summed E-state index contributed by atoms with van der Waals surface area (Å²) in [4.78, 5) is 24.9. The minimum absolute atomic E-state index is 0.202. The van der Waals surface area contributed by atoms with Gasteiger partial charge in [-0.25, -0.2) is 0 Å². The number of hydrogen-bond donors (Lipinski definition) is 0. The third-order valence-corrected chi connectivity index (χ3v) is 6.98. The number of esters is 2. The minimum Gasteiger partial charge on any atom is -0.466 e. The van der Waals surface area contributed by atoms with Gasteiger partial charge in [-0.2, -0.15) is 0 Å². The van der Waals surface area contributed by atoms with Crippen LogP contribution in [0.1, 0.15) is 93.4 Å². The first kappa shape index (κ1) is 26.0. The molecule has 34 heavy (non-hydrogen) atoms. The summed E-state index contributed by atoms with van der Waals surface area (Å²) in [7, 11) is 0.